The van der Waals surface area contributed by atoms with Gasteiger partial charge in [0.15, 0.2) is 0 Å². The minimum absolute atomic E-state index is 0.00671. The van der Waals surface area contributed by atoms with Gasteiger partial charge in [-0.05, 0) is 32.4 Å². The maximum absolute atomic E-state index is 11.8. The Morgan fingerprint density at radius 3 is 2.41 bits per heavy atom. The molecule has 0 spiro atoms. The van der Waals surface area contributed by atoms with E-state index < -0.39 is 17.4 Å². The molecule has 92 valence electrons. The van der Waals surface area contributed by atoms with Crippen LogP contribution in [0.1, 0.15) is 37.6 Å². The molecule has 0 amide bonds. The molecule has 4 nitrogen and oxygen atoms in total. The van der Waals surface area contributed by atoms with Crippen molar-refractivity contribution in [1.82, 2.24) is 0 Å². The second kappa shape index (κ2) is 4.99. The van der Waals surface area contributed by atoms with Gasteiger partial charge in [-0.2, -0.15) is 0 Å². The maximum Gasteiger partial charge on any atom is 0.339 e. The van der Waals surface area contributed by atoms with Gasteiger partial charge in [0, 0.05) is 0 Å². The summed E-state index contributed by atoms with van der Waals surface area (Å²) in [5.41, 5.74) is -0.626. The van der Waals surface area contributed by atoms with E-state index in [0.29, 0.717) is 6.42 Å². The molecule has 0 radical (unpaired) electrons. The Bertz CT molecular complexity index is 435. The summed E-state index contributed by atoms with van der Waals surface area (Å²) in [7, 11) is 0. The Labute approximate surface area is 100 Å². The average molecular weight is 236 g/mol. The zero-order valence-corrected chi connectivity index (χ0v) is 10.2. The van der Waals surface area contributed by atoms with E-state index in [1.54, 1.807) is 26.0 Å². The number of ether oxygens (including phenoxy) is 1. The van der Waals surface area contributed by atoms with Gasteiger partial charge >= 0.3 is 11.9 Å². The molecule has 0 atom stereocenters. The van der Waals surface area contributed by atoms with Crippen molar-refractivity contribution in [3.8, 4) is 5.75 Å². The Morgan fingerprint density at radius 1 is 1.29 bits per heavy atom. The van der Waals surface area contributed by atoms with Crippen LogP contribution < -0.4 is 4.74 Å². The number of esters is 1. The normalized spacial score (nSPS) is 11.0. The van der Waals surface area contributed by atoms with Gasteiger partial charge in [-0.1, -0.05) is 19.1 Å². The minimum Gasteiger partial charge on any atom is -0.478 e. The van der Waals surface area contributed by atoms with E-state index in [0.717, 1.165) is 0 Å². The van der Waals surface area contributed by atoms with Crippen LogP contribution in [0.15, 0.2) is 24.3 Å². The molecule has 0 fully saturated rings. The van der Waals surface area contributed by atoms with E-state index in [-0.39, 0.29) is 11.3 Å². The van der Waals surface area contributed by atoms with E-state index in [2.05, 4.69) is 0 Å². The number of hydrogen-bond acceptors (Lipinski definition) is 3. The number of rotatable bonds is 4. The van der Waals surface area contributed by atoms with Gasteiger partial charge in [0.1, 0.15) is 11.3 Å². The van der Waals surface area contributed by atoms with Crippen LogP contribution in [-0.4, -0.2) is 17.0 Å². The quantitative estimate of drug-likeness (QED) is 0.645. The van der Waals surface area contributed by atoms with Gasteiger partial charge in [0.2, 0.25) is 0 Å². The number of carboxylic acids is 1. The Morgan fingerprint density at radius 2 is 1.88 bits per heavy atom. The first-order valence-electron chi connectivity index (χ1n) is 5.43. The van der Waals surface area contributed by atoms with Crippen LogP contribution in [0, 0.1) is 5.41 Å². The minimum atomic E-state index is -1.11. The summed E-state index contributed by atoms with van der Waals surface area (Å²) in [5.74, 6) is -1.44. The van der Waals surface area contributed by atoms with Gasteiger partial charge in [-0.3, -0.25) is 4.79 Å². The Hall–Kier alpha value is -1.84. The van der Waals surface area contributed by atoms with Crippen molar-refractivity contribution < 1.29 is 19.4 Å². The predicted molar refractivity (Wildman–Crippen MR) is 63.1 cm³/mol. The van der Waals surface area contributed by atoms with Gasteiger partial charge in [0.05, 0.1) is 5.41 Å². The lowest BCUT2D eigenvalue weighted by Gasteiger charge is -2.20. The van der Waals surface area contributed by atoms with E-state index in [4.69, 9.17) is 9.84 Å². The van der Waals surface area contributed by atoms with Gasteiger partial charge in [0.25, 0.3) is 0 Å². The molecule has 0 heterocycles. The standard InChI is InChI=1S/C13H16O4/c1-4-13(2,3)12(16)17-10-8-6-5-7-9(10)11(14)15/h5-8H,4H2,1-3H3,(H,14,15). The molecule has 0 aliphatic heterocycles. The second-order valence-electron chi connectivity index (χ2n) is 4.43. The molecule has 0 aliphatic carbocycles. The van der Waals surface area contributed by atoms with Gasteiger partial charge < -0.3 is 9.84 Å². The smallest absolute Gasteiger partial charge is 0.339 e. The zero-order chi connectivity index (χ0) is 13.1. The first-order valence-corrected chi connectivity index (χ1v) is 5.43. The second-order valence-corrected chi connectivity index (χ2v) is 4.43. The molecular formula is C13H16O4. The molecular weight excluding hydrogens is 220 g/mol. The Kier molecular flexibility index (Phi) is 3.89. The van der Waals surface area contributed by atoms with Crippen molar-refractivity contribution in [2.75, 3.05) is 0 Å². The van der Waals surface area contributed by atoms with Crippen molar-refractivity contribution in [3.63, 3.8) is 0 Å². The summed E-state index contributed by atoms with van der Waals surface area (Å²) in [6.07, 6.45) is 0.626. The summed E-state index contributed by atoms with van der Waals surface area (Å²) in [5, 5.41) is 8.95. The van der Waals surface area contributed by atoms with E-state index in [1.807, 2.05) is 6.92 Å². The van der Waals surface area contributed by atoms with Gasteiger partial charge in [-0.15, -0.1) is 0 Å². The number of aromatic carboxylic acids is 1. The van der Waals surface area contributed by atoms with Crippen LogP contribution >= 0.6 is 0 Å². The summed E-state index contributed by atoms with van der Waals surface area (Å²) < 4.78 is 5.14. The molecule has 1 aromatic rings. The fraction of sp³-hybridized carbons (Fsp3) is 0.385. The topological polar surface area (TPSA) is 63.6 Å². The number of hydrogen-bond donors (Lipinski definition) is 1. The fourth-order valence-electron chi connectivity index (χ4n) is 1.11. The van der Waals surface area contributed by atoms with Crippen molar-refractivity contribution in [2.45, 2.75) is 27.2 Å². The highest BCUT2D eigenvalue weighted by atomic mass is 16.5. The van der Waals surface area contributed by atoms with E-state index in [1.165, 1.54) is 12.1 Å². The molecule has 4 heteroatoms. The van der Waals surface area contributed by atoms with Crippen molar-refractivity contribution in [3.05, 3.63) is 29.8 Å². The lowest BCUT2D eigenvalue weighted by Crippen LogP contribution is -2.28. The largest absolute Gasteiger partial charge is 0.478 e. The molecule has 0 saturated heterocycles. The van der Waals surface area contributed by atoms with Crippen LogP contribution in [0.2, 0.25) is 0 Å². The van der Waals surface area contributed by atoms with Crippen molar-refractivity contribution in [1.29, 1.82) is 0 Å². The number of para-hydroxylation sites is 1. The third kappa shape index (κ3) is 3.06. The summed E-state index contributed by atoms with van der Waals surface area (Å²) in [6, 6.07) is 6.11. The van der Waals surface area contributed by atoms with E-state index in [9.17, 15) is 9.59 Å². The number of carbonyl (C=O) groups excluding carboxylic acids is 1. The lowest BCUT2D eigenvalue weighted by atomic mass is 9.91. The summed E-state index contributed by atoms with van der Waals surface area (Å²) in [6.45, 7) is 5.40. The van der Waals surface area contributed by atoms with Crippen LogP contribution in [0.25, 0.3) is 0 Å². The fourth-order valence-corrected chi connectivity index (χ4v) is 1.11. The lowest BCUT2D eigenvalue weighted by molar-refractivity contribution is -0.144. The number of benzene rings is 1. The van der Waals surface area contributed by atoms with Gasteiger partial charge in [-0.25, -0.2) is 4.79 Å². The maximum atomic E-state index is 11.8. The highest BCUT2D eigenvalue weighted by Crippen LogP contribution is 2.25. The van der Waals surface area contributed by atoms with Crippen molar-refractivity contribution >= 4 is 11.9 Å². The monoisotopic (exact) mass is 236 g/mol. The first-order chi connectivity index (χ1) is 7.88. The highest BCUT2D eigenvalue weighted by Gasteiger charge is 2.28. The van der Waals surface area contributed by atoms with Crippen LogP contribution in [0.5, 0.6) is 5.75 Å². The predicted octanol–water partition coefficient (Wildman–Crippen LogP) is 2.73. The SMILES string of the molecule is CCC(C)(C)C(=O)Oc1ccccc1C(=O)O. The third-order valence-corrected chi connectivity index (χ3v) is 2.76. The molecule has 1 N–H and O–H groups in total. The summed E-state index contributed by atoms with van der Waals surface area (Å²) >= 11 is 0. The van der Waals surface area contributed by atoms with Crippen LogP contribution in [-0.2, 0) is 4.79 Å². The van der Waals surface area contributed by atoms with Crippen molar-refractivity contribution in [2.24, 2.45) is 5.41 Å². The van der Waals surface area contributed by atoms with E-state index >= 15 is 0 Å². The molecule has 1 aromatic carbocycles. The molecule has 0 saturated carbocycles. The number of carboxylic acid groups (broad SMARTS) is 1. The molecule has 17 heavy (non-hydrogen) atoms. The average Bonchev–Trinajstić information content (AvgIpc) is 2.29. The Balaban J connectivity index is 2.97. The highest BCUT2D eigenvalue weighted by molar-refractivity contribution is 5.92. The first kappa shape index (κ1) is 13.2. The zero-order valence-electron chi connectivity index (χ0n) is 10.2. The van der Waals surface area contributed by atoms with Crippen LogP contribution in [0.3, 0.4) is 0 Å². The molecule has 1 rings (SSSR count). The van der Waals surface area contributed by atoms with Crippen LogP contribution in [0.4, 0.5) is 0 Å². The third-order valence-electron chi connectivity index (χ3n) is 2.76. The number of carbonyl (C=O) groups is 2. The summed E-state index contributed by atoms with van der Waals surface area (Å²) in [4.78, 5) is 22.8. The molecule has 0 unspecified atom stereocenters. The molecule has 0 aliphatic rings. The molecule has 0 bridgehead atoms. The molecule has 0 aromatic heterocycles.